The molecule has 8 nitrogen and oxygen atoms in total. The van der Waals surface area contributed by atoms with Gasteiger partial charge in [0.2, 0.25) is 10.0 Å². The van der Waals surface area contributed by atoms with E-state index in [1.807, 2.05) is 28.9 Å². The zero-order chi connectivity index (χ0) is 23.2. The fourth-order valence-electron chi connectivity index (χ4n) is 3.10. The number of sulfonamides is 1. The Morgan fingerprint density at radius 1 is 1.35 bits per heavy atom. The van der Waals surface area contributed by atoms with Gasteiger partial charge in [-0.25, -0.2) is 17.9 Å². The Morgan fingerprint density at radius 2 is 2.03 bits per heavy atom. The quantitative estimate of drug-likeness (QED) is 0.656. The Morgan fingerprint density at radius 3 is 2.61 bits per heavy atom. The number of aromatic nitrogens is 2. The van der Waals surface area contributed by atoms with Gasteiger partial charge in [-0.2, -0.15) is 18.3 Å². The second-order valence-corrected chi connectivity index (χ2v) is 9.25. The van der Waals surface area contributed by atoms with Crippen LogP contribution in [0.25, 0.3) is 0 Å². The van der Waals surface area contributed by atoms with Gasteiger partial charge in [0.05, 0.1) is 18.0 Å². The molecule has 1 aliphatic heterocycles. The number of carbonyl (C=O) groups is 1. The first-order valence-electron chi connectivity index (χ1n) is 9.09. The van der Waals surface area contributed by atoms with Crippen molar-refractivity contribution in [1.82, 2.24) is 19.4 Å². The number of nitrogens with zero attached hydrogens (tertiary/aromatic N) is 3. The number of rotatable bonds is 6. The van der Waals surface area contributed by atoms with Crippen molar-refractivity contribution in [3.8, 4) is 0 Å². The molecule has 3 rings (SSSR count). The predicted molar refractivity (Wildman–Crippen MR) is 108 cm³/mol. The number of hydrogen-bond donors (Lipinski definition) is 2. The van der Waals surface area contributed by atoms with Gasteiger partial charge in [0.1, 0.15) is 0 Å². The summed E-state index contributed by atoms with van der Waals surface area (Å²) < 4.78 is 58.8. The van der Waals surface area contributed by atoms with E-state index in [0.29, 0.717) is 13.0 Å². The minimum atomic E-state index is -5.08. The molecule has 31 heavy (non-hydrogen) atoms. The maximum atomic E-state index is 11.2. The second kappa shape index (κ2) is 10.4. The molecule has 1 atom stereocenters. The molecule has 0 radical (unpaired) electrons. The van der Waals surface area contributed by atoms with Crippen LogP contribution in [0.3, 0.4) is 0 Å². The van der Waals surface area contributed by atoms with Gasteiger partial charge >= 0.3 is 12.1 Å². The molecule has 0 aliphatic carbocycles. The lowest BCUT2D eigenvalue weighted by molar-refractivity contribution is -0.192. The Hall–Kier alpha value is -2.15. The number of benzene rings is 1. The minimum absolute atomic E-state index is 0.150. The fourth-order valence-corrected chi connectivity index (χ4v) is 3.80. The second-order valence-electron chi connectivity index (χ2n) is 6.98. The third-order valence-corrected chi connectivity index (χ3v) is 5.30. The molecule has 0 saturated heterocycles. The van der Waals surface area contributed by atoms with Gasteiger partial charge in [0.25, 0.3) is 0 Å². The summed E-state index contributed by atoms with van der Waals surface area (Å²) in [5, 5.41) is 12.3. The largest absolute Gasteiger partial charge is 0.490 e. The highest BCUT2D eigenvalue weighted by atomic mass is 35.5. The number of fused-ring (bicyclic) bond motifs is 1. The number of carboxylic acid groups (broad SMARTS) is 1. The van der Waals surface area contributed by atoms with E-state index >= 15 is 0 Å². The maximum Gasteiger partial charge on any atom is 0.490 e. The number of aliphatic carboxylic acids is 1. The first-order valence-corrected chi connectivity index (χ1v) is 11.4. The molecule has 0 spiro atoms. The van der Waals surface area contributed by atoms with Crippen molar-refractivity contribution >= 4 is 27.6 Å². The molecule has 2 aromatic rings. The normalized spacial score (nSPS) is 16.9. The molecule has 2 N–H and O–H groups in total. The monoisotopic (exact) mass is 482 g/mol. The van der Waals surface area contributed by atoms with Crippen molar-refractivity contribution in [3.63, 3.8) is 0 Å². The van der Waals surface area contributed by atoms with Gasteiger partial charge in [-0.1, -0.05) is 23.7 Å². The van der Waals surface area contributed by atoms with E-state index in [9.17, 15) is 21.6 Å². The van der Waals surface area contributed by atoms with E-state index in [4.69, 9.17) is 21.5 Å². The average Bonchev–Trinajstić information content (AvgIpc) is 3.09. The van der Waals surface area contributed by atoms with Crippen LogP contribution < -0.4 is 4.72 Å². The van der Waals surface area contributed by atoms with Crippen molar-refractivity contribution in [1.29, 1.82) is 0 Å². The summed E-state index contributed by atoms with van der Waals surface area (Å²) in [5.41, 5.74) is 2.32. The third kappa shape index (κ3) is 8.48. The van der Waals surface area contributed by atoms with Crippen LogP contribution in [0.5, 0.6) is 0 Å². The van der Waals surface area contributed by atoms with Gasteiger partial charge in [-0.15, -0.1) is 0 Å². The number of carboxylic acids is 1. The highest BCUT2D eigenvalue weighted by Gasteiger charge is 2.38. The van der Waals surface area contributed by atoms with Crippen LogP contribution in [-0.2, 0) is 27.9 Å². The van der Waals surface area contributed by atoms with Crippen LogP contribution in [0.4, 0.5) is 13.2 Å². The summed E-state index contributed by atoms with van der Waals surface area (Å²) in [6, 6.07) is 10.0. The van der Waals surface area contributed by atoms with Crippen LogP contribution in [0.1, 0.15) is 23.7 Å². The standard InChI is InChI=1S/C16H21ClN4O2S.C2HF3O2/c1-24(22,23)19-8-6-16-12-20(11-15-5-7-18-21(15)16)10-13-3-2-4-14(17)9-13;3-2(4,5)1(6)7/h2-5,7,9,16,19H,6,8,10-12H2,1H3;(H,6,7). The lowest BCUT2D eigenvalue weighted by Crippen LogP contribution is -2.38. The SMILES string of the molecule is CS(=O)(=O)NCCC1CN(Cc2cccc(Cl)c2)Cc2ccnn21.O=C(O)C(F)(F)F. The zero-order valence-corrected chi connectivity index (χ0v) is 18.1. The number of halogens is 4. The smallest absolute Gasteiger partial charge is 0.475 e. The van der Waals surface area contributed by atoms with E-state index in [-0.39, 0.29) is 6.04 Å². The first-order chi connectivity index (χ1) is 14.3. The maximum absolute atomic E-state index is 11.2. The summed E-state index contributed by atoms with van der Waals surface area (Å²) in [4.78, 5) is 11.2. The van der Waals surface area contributed by atoms with Gasteiger partial charge in [0.15, 0.2) is 0 Å². The van der Waals surface area contributed by atoms with Gasteiger partial charge in [0, 0.05) is 37.4 Å². The van der Waals surface area contributed by atoms with Crippen molar-refractivity contribution < 1.29 is 31.5 Å². The molecule has 0 fully saturated rings. The molecular formula is C18H22ClF3N4O4S. The topological polar surface area (TPSA) is 105 Å². The average molecular weight is 483 g/mol. The van der Waals surface area contributed by atoms with E-state index in [1.165, 1.54) is 11.8 Å². The van der Waals surface area contributed by atoms with Crippen molar-refractivity contribution in [2.45, 2.75) is 31.7 Å². The molecule has 0 amide bonds. The van der Waals surface area contributed by atoms with Gasteiger partial charge in [-0.05, 0) is 30.2 Å². The van der Waals surface area contributed by atoms with Crippen molar-refractivity contribution in [2.75, 3.05) is 19.3 Å². The lowest BCUT2D eigenvalue weighted by Gasteiger charge is -2.34. The van der Waals surface area contributed by atoms with Gasteiger partial charge in [-0.3, -0.25) is 9.58 Å². The van der Waals surface area contributed by atoms with E-state index in [1.54, 1.807) is 6.20 Å². The summed E-state index contributed by atoms with van der Waals surface area (Å²) in [7, 11) is -3.16. The first kappa shape index (κ1) is 25.1. The van der Waals surface area contributed by atoms with Crippen LogP contribution in [0, 0.1) is 0 Å². The molecule has 172 valence electrons. The van der Waals surface area contributed by atoms with Crippen LogP contribution in [0.2, 0.25) is 5.02 Å². The van der Waals surface area contributed by atoms with E-state index in [0.717, 1.165) is 30.4 Å². The molecule has 0 saturated carbocycles. The third-order valence-electron chi connectivity index (χ3n) is 4.33. The number of nitrogens with one attached hydrogen (secondary N) is 1. The molecule has 1 aromatic heterocycles. The Kier molecular flexibility index (Phi) is 8.46. The highest BCUT2D eigenvalue weighted by molar-refractivity contribution is 7.88. The molecule has 2 heterocycles. The zero-order valence-electron chi connectivity index (χ0n) is 16.5. The van der Waals surface area contributed by atoms with Crippen molar-refractivity contribution in [2.24, 2.45) is 0 Å². The predicted octanol–water partition coefficient (Wildman–Crippen LogP) is 2.67. The Bertz CT molecular complexity index is 998. The molecule has 1 aromatic carbocycles. The van der Waals surface area contributed by atoms with Crippen LogP contribution in [-0.4, -0.2) is 59.7 Å². The summed E-state index contributed by atoms with van der Waals surface area (Å²) in [6.07, 6.45) is -1.40. The van der Waals surface area contributed by atoms with Crippen LogP contribution >= 0.6 is 11.6 Å². The van der Waals surface area contributed by atoms with E-state index < -0.39 is 22.2 Å². The molecular weight excluding hydrogens is 461 g/mol. The molecule has 0 bridgehead atoms. The summed E-state index contributed by atoms with van der Waals surface area (Å²) >= 11 is 6.07. The Labute approximate surface area is 182 Å². The molecule has 13 heteroatoms. The Balaban J connectivity index is 0.000000423. The minimum Gasteiger partial charge on any atom is -0.475 e. The summed E-state index contributed by atoms with van der Waals surface area (Å²) in [6.45, 7) is 2.87. The molecule has 1 aliphatic rings. The van der Waals surface area contributed by atoms with E-state index in [2.05, 4.69) is 20.8 Å². The molecule has 1 unspecified atom stereocenters. The lowest BCUT2D eigenvalue weighted by atomic mass is 10.1. The number of alkyl halides is 3. The fraction of sp³-hybridized carbons (Fsp3) is 0.444. The van der Waals surface area contributed by atoms with Crippen LogP contribution in [0.15, 0.2) is 36.5 Å². The van der Waals surface area contributed by atoms with Gasteiger partial charge < -0.3 is 5.11 Å². The highest BCUT2D eigenvalue weighted by Crippen LogP contribution is 2.24. The van der Waals surface area contributed by atoms with Crippen molar-refractivity contribution in [3.05, 3.63) is 52.8 Å². The summed E-state index contributed by atoms with van der Waals surface area (Å²) in [5.74, 6) is -2.76. The number of hydrogen-bond acceptors (Lipinski definition) is 5.